The SMILES string of the molecule is Cc1ccc(Cl)c2sc(NC(=O)c3ccc(S(=O)(=O)N4C[C@H](C)O[C@@H](C)C4)cc3)nc12. The van der Waals surface area contributed by atoms with Gasteiger partial charge in [-0.15, -0.1) is 0 Å². The molecule has 2 aromatic carbocycles. The molecule has 1 aliphatic heterocycles. The molecule has 2 heterocycles. The number of fused-ring (bicyclic) bond motifs is 1. The topological polar surface area (TPSA) is 88.6 Å². The summed E-state index contributed by atoms with van der Waals surface area (Å²) >= 11 is 7.53. The number of ether oxygens (including phenoxy) is 1. The standard InChI is InChI=1S/C21H22ClN3O4S2/c1-12-4-9-17(22)19-18(12)23-21(30-19)24-20(26)15-5-7-16(8-6-15)31(27,28)25-10-13(2)29-14(3)11-25/h4-9,13-14H,10-11H2,1-3H3,(H,23,24,26)/t13-,14-/m0/s1. The van der Waals surface area contributed by atoms with Crippen molar-refractivity contribution in [2.24, 2.45) is 0 Å². The van der Waals surface area contributed by atoms with Crippen LogP contribution in [0, 0.1) is 6.92 Å². The number of thiazole rings is 1. The van der Waals surface area contributed by atoms with Gasteiger partial charge in [-0.3, -0.25) is 10.1 Å². The molecule has 7 nitrogen and oxygen atoms in total. The molecule has 0 radical (unpaired) electrons. The molecule has 1 saturated heterocycles. The van der Waals surface area contributed by atoms with Gasteiger partial charge in [0, 0.05) is 18.7 Å². The molecule has 4 rings (SSSR count). The molecule has 3 aromatic rings. The fraction of sp³-hybridized carbons (Fsp3) is 0.333. The minimum absolute atomic E-state index is 0.146. The highest BCUT2D eigenvalue weighted by molar-refractivity contribution is 7.89. The van der Waals surface area contributed by atoms with Gasteiger partial charge in [-0.25, -0.2) is 13.4 Å². The summed E-state index contributed by atoms with van der Waals surface area (Å²) < 4.78 is 33.8. The van der Waals surface area contributed by atoms with Crippen LogP contribution in [0.5, 0.6) is 0 Å². The van der Waals surface area contributed by atoms with Gasteiger partial charge in [0.2, 0.25) is 10.0 Å². The first-order valence-electron chi connectivity index (χ1n) is 9.78. The van der Waals surface area contributed by atoms with E-state index in [2.05, 4.69) is 10.3 Å². The molecule has 1 fully saturated rings. The Kier molecular flexibility index (Phi) is 6.06. The average Bonchev–Trinajstić information content (AvgIpc) is 3.15. The number of aromatic nitrogens is 1. The molecule has 1 aliphatic rings. The predicted octanol–water partition coefficient (Wildman–Crippen LogP) is 4.31. The lowest BCUT2D eigenvalue weighted by Gasteiger charge is -2.34. The van der Waals surface area contributed by atoms with Gasteiger partial charge in [0.05, 0.1) is 32.3 Å². The summed E-state index contributed by atoms with van der Waals surface area (Å²) in [7, 11) is -3.66. The Bertz CT molecular complexity index is 1190. The molecule has 1 N–H and O–H groups in total. The molecular formula is C21H22ClN3O4S2. The highest BCUT2D eigenvalue weighted by atomic mass is 35.5. The maximum absolute atomic E-state index is 13.0. The molecular weight excluding hydrogens is 458 g/mol. The van der Waals surface area contributed by atoms with Crippen molar-refractivity contribution in [3.8, 4) is 0 Å². The van der Waals surface area contributed by atoms with Crippen molar-refractivity contribution in [2.45, 2.75) is 37.9 Å². The number of nitrogens with one attached hydrogen (secondary N) is 1. The van der Waals surface area contributed by atoms with E-state index in [-0.39, 0.29) is 23.0 Å². The Morgan fingerprint density at radius 1 is 1.16 bits per heavy atom. The smallest absolute Gasteiger partial charge is 0.257 e. The summed E-state index contributed by atoms with van der Waals surface area (Å²) in [4.78, 5) is 17.3. The van der Waals surface area contributed by atoms with Crippen molar-refractivity contribution < 1.29 is 17.9 Å². The number of carbonyl (C=O) groups excluding carboxylic acids is 1. The molecule has 0 spiro atoms. The summed E-state index contributed by atoms with van der Waals surface area (Å²) in [6, 6.07) is 9.59. The Balaban J connectivity index is 1.52. The Hall–Kier alpha value is -2.04. The quantitative estimate of drug-likeness (QED) is 0.602. The van der Waals surface area contributed by atoms with Gasteiger partial charge in [-0.2, -0.15) is 4.31 Å². The number of carbonyl (C=O) groups is 1. The van der Waals surface area contributed by atoms with Gasteiger partial charge in [0.1, 0.15) is 0 Å². The number of anilines is 1. The molecule has 0 bridgehead atoms. The number of nitrogens with zero attached hydrogens (tertiary/aromatic N) is 2. The lowest BCUT2D eigenvalue weighted by Crippen LogP contribution is -2.48. The largest absolute Gasteiger partial charge is 0.373 e. The normalized spacial score (nSPS) is 20.1. The molecule has 0 unspecified atom stereocenters. The maximum atomic E-state index is 13.0. The summed E-state index contributed by atoms with van der Waals surface area (Å²) in [6.07, 6.45) is -0.343. The monoisotopic (exact) mass is 479 g/mol. The van der Waals surface area contributed by atoms with Gasteiger partial charge in [-0.1, -0.05) is 29.0 Å². The van der Waals surface area contributed by atoms with Crippen LogP contribution in [0.1, 0.15) is 29.8 Å². The number of rotatable bonds is 4. The lowest BCUT2D eigenvalue weighted by atomic mass is 10.2. The molecule has 10 heteroatoms. The molecule has 0 saturated carbocycles. The van der Waals surface area contributed by atoms with Gasteiger partial charge < -0.3 is 4.74 Å². The highest BCUT2D eigenvalue weighted by Crippen LogP contribution is 2.34. The van der Waals surface area contributed by atoms with E-state index in [1.165, 1.54) is 39.9 Å². The minimum Gasteiger partial charge on any atom is -0.373 e. The molecule has 0 aliphatic carbocycles. The van der Waals surface area contributed by atoms with Gasteiger partial charge >= 0.3 is 0 Å². The van der Waals surface area contributed by atoms with Crippen LogP contribution in [0.25, 0.3) is 10.2 Å². The second-order valence-electron chi connectivity index (χ2n) is 7.62. The van der Waals surface area contributed by atoms with Crippen LogP contribution in [-0.2, 0) is 14.8 Å². The van der Waals surface area contributed by atoms with E-state index in [1.807, 2.05) is 26.8 Å². The number of hydrogen-bond acceptors (Lipinski definition) is 6. The van der Waals surface area contributed by atoms with Gasteiger partial charge in [-0.05, 0) is 56.7 Å². The number of benzene rings is 2. The van der Waals surface area contributed by atoms with Crippen LogP contribution in [0.2, 0.25) is 5.02 Å². The third-order valence-corrected chi connectivity index (χ3v) is 8.34. The summed E-state index contributed by atoms with van der Waals surface area (Å²) in [5.74, 6) is -0.370. The van der Waals surface area contributed by atoms with Crippen molar-refractivity contribution in [3.05, 3.63) is 52.5 Å². The van der Waals surface area contributed by atoms with Crippen LogP contribution in [0.3, 0.4) is 0 Å². The molecule has 164 valence electrons. The first-order chi connectivity index (χ1) is 14.6. The van der Waals surface area contributed by atoms with Crippen molar-refractivity contribution in [2.75, 3.05) is 18.4 Å². The first kappa shape index (κ1) is 22.2. The zero-order valence-corrected chi connectivity index (χ0v) is 19.6. The zero-order chi connectivity index (χ0) is 22.3. The average molecular weight is 480 g/mol. The summed E-state index contributed by atoms with van der Waals surface area (Å²) in [5.41, 5.74) is 2.06. The van der Waals surface area contributed by atoms with E-state index in [1.54, 1.807) is 6.07 Å². The summed E-state index contributed by atoms with van der Waals surface area (Å²) in [5, 5.41) is 3.79. The number of morpholine rings is 1. The molecule has 31 heavy (non-hydrogen) atoms. The van der Waals surface area contributed by atoms with Crippen LogP contribution in [-0.4, -0.2) is 48.9 Å². The molecule has 1 amide bonds. The van der Waals surface area contributed by atoms with Crippen molar-refractivity contribution in [1.82, 2.24) is 9.29 Å². The third-order valence-electron chi connectivity index (χ3n) is 5.06. The second-order valence-corrected chi connectivity index (χ2v) is 11.0. The Morgan fingerprint density at radius 2 is 1.81 bits per heavy atom. The third kappa shape index (κ3) is 4.47. The number of amides is 1. The fourth-order valence-corrected chi connectivity index (χ4v) is 6.38. The van der Waals surface area contributed by atoms with Crippen molar-refractivity contribution >= 4 is 54.2 Å². The number of sulfonamides is 1. The van der Waals surface area contributed by atoms with E-state index in [0.717, 1.165) is 15.8 Å². The molecule has 1 aromatic heterocycles. The lowest BCUT2D eigenvalue weighted by molar-refractivity contribution is -0.0440. The zero-order valence-electron chi connectivity index (χ0n) is 17.3. The second kappa shape index (κ2) is 8.48. The Labute approximate surface area is 190 Å². The summed E-state index contributed by atoms with van der Waals surface area (Å²) in [6.45, 7) is 6.23. The van der Waals surface area contributed by atoms with Crippen molar-refractivity contribution in [3.63, 3.8) is 0 Å². The molecule has 2 atom stereocenters. The fourth-order valence-electron chi connectivity index (χ4n) is 3.58. The van der Waals surface area contributed by atoms with Crippen molar-refractivity contribution in [1.29, 1.82) is 0 Å². The number of halogens is 1. The first-order valence-corrected chi connectivity index (χ1v) is 12.4. The van der Waals surface area contributed by atoms with E-state index in [9.17, 15) is 13.2 Å². The van der Waals surface area contributed by atoms with E-state index in [0.29, 0.717) is 28.8 Å². The van der Waals surface area contributed by atoms with Gasteiger partial charge in [0.25, 0.3) is 5.91 Å². The highest BCUT2D eigenvalue weighted by Gasteiger charge is 2.32. The van der Waals surface area contributed by atoms with E-state index < -0.39 is 10.0 Å². The predicted molar refractivity (Wildman–Crippen MR) is 123 cm³/mol. The Morgan fingerprint density at radius 3 is 2.42 bits per heavy atom. The van der Waals surface area contributed by atoms with Crippen LogP contribution in [0.15, 0.2) is 41.3 Å². The number of aryl methyl sites for hydroxylation is 1. The maximum Gasteiger partial charge on any atom is 0.257 e. The number of hydrogen-bond donors (Lipinski definition) is 1. The van der Waals surface area contributed by atoms with Crippen LogP contribution >= 0.6 is 22.9 Å². The minimum atomic E-state index is -3.66. The van der Waals surface area contributed by atoms with Crippen LogP contribution in [0.4, 0.5) is 5.13 Å². The van der Waals surface area contributed by atoms with E-state index in [4.69, 9.17) is 16.3 Å². The van der Waals surface area contributed by atoms with E-state index >= 15 is 0 Å². The van der Waals surface area contributed by atoms with Crippen LogP contribution < -0.4 is 5.32 Å². The van der Waals surface area contributed by atoms with Gasteiger partial charge in [0.15, 0.2) is 5.13 Å².